The van der Waals surface area contributed by atoms with Gasteiger partial charge in [0.1, 0.15) is 0 Å². The van der Waals surface area contributed by atoms with Gasteiger partial charge in [-0.25, -0.2) is 0 Å². The van der Waals surface area contributed by atoms with Crippen LogP contribution in [0, 0.1) is 0 Å². The first-order chi connectivity index (χ1) is 9.83. The number of ketones is 1. The fourth-order valence-corrected chi connectivity index (χ4v) is 2.81. The lowest BCUT2D eigenvalue weighted by Gasteiger charge is -2.21. The van der Waals surface area contributed by atoms with Gasteiger partial charge in [-0.2, -0.15) is 5.10 Å². The van der Waals surface area contributed by atoms with E-state index in [4.69, 9.17) is 0 Å². The molecule has 4 heteroatoms. The summed E-state index contributed by atoms with van der Waals surface area (Å²) in [6.07, 6.45) is 12.0. The van der Waals surface area contributed by atoms with Crippen LogP contribution in [0.2, 0.25) is 0 Å². The van der Waals surface area contributed by atoms with Crippen molar-refractivity contribution in [1.82, 2.24) is 14.8 Å². The van der Waals surface area contributed by atoms with Crippen LogP contribution in [0.3, 0.4) is 0 Å². The molecule has 2 aromatic heterocycles. The molecule has 0 radical (unpaired) electrons. The third kappa shape index (κ3) is 2.95. The second-order valence-corrected chi connectivity index (χ2v) is 5.42. The molecule has 0 amide bonds. The molecule has 0 bridgehead atoms. The molecule has 1 aliphatic carbocycles. The Morgan fingerprint density at radius 2 is 2.10 bits per heavy atom. The van der Waals surface area contributed by atoms with Crippen molar-refractivity contribution < 1.29 is 4.79 Å². The molecule has 2 heterocycles. The average molecular weight is 269 g/mol. The Morgan fingerprint density at radius 1 is 1.25 bits per heavy atom. The highest BCUT2D eigenvalue weighted by Crippen LogP contribution is 2.27. The quantitative estimate of drug-likeness (QED) is 0.801. The summed E-state index contributed by atoms with van der Waals surface area (Å²) in [5.74, 6) is 0.0759. The third-order valence-corrected chi connectivity index (χ3v) is 3.94. The van der Waals surface area contributed by atoms with Crippen LogP contribution in [0.15, 0.2) is 36.8 Å². The summed E-state index contributed by atoms with van der Waals surface area (Å²) in [7, 11) is 0. The lowest BCUT2D eigenvalue weighted by atomic mass is 9.96. The SMILES string of the molecule is O=C(Cc1ccn(C2CCCCC2)n1)c1cccnc1. The Balaban J connectivity index is 1.66. The number of pyridine rings is 1. The second kappa shape index (κ2) is 5.99. The maximum Gasteiger partial charge on any atom is 0.170 e. The summed E-state index contributed by atoms with van der Waals surface area (Å²) in [6.45, 7) is 0. The van der Waals surface area contributed by atoms with Gasteiger partial charge in [-0.3, -0.25) is 14.5 Å². The predicted octanol–water partition coefficient (Wildman–Crippen LogP) is 3.21. The maximum atomic E-state index is 12.1. The topological polar surface area (TPSA) is 47.8 Å². The fraction of sp³-hybridized carbons (Fsp3) is 0.438. The number of rotatable bonds is 4. The van der Waals surface area contributed by atoms with Gasteiger partial charge in [0.25, 0.3) is 0 Å². The van der Waals surface area contributed by atoms with E-state index in [1.165, 1.54) is 32.1 Å². The third-order valence-electron chi connectivity index (χ3n) is 3.94. The minimum atomic E-state index is 0.0759. The van der Waals surface area contributed by atoms with Gasteiger partial charge < -0.3 is 0 Å². The molecule has 0 saturated heterocycles. The second-order valence-electron chi connectivity index (χ2n) is 5.42. The minimum Gasteiger partial charge on any atom is -0.294 e. The van der Waals surface area contributed by atoms with Crippen molar-refractivity contribution in [1.29, 1.82) is 0 Å². The number of carbonyl (C=O) groups excluding carboxylic acids is 1. The van der Waals surface area contributed by atoms with Crippen LogP contribution in [0.25, 0.3) is 0 Å². The zero-order chi connectivity index (χ0) is 13.8. The van der Waals surface area contributed by atoms with E-state index in [0.29, 0.717) is 18.0 Å². The van der Waals surface area contributed by atoms with E-state index in [-0.39, 0.29) is 5.78 Å². The number of carbonyl (C=O) groups is 1. The molecule has 4 nitrogen and oxygen atoms in total. The lowest BCUT2D eigenvalue weighted by molar-refractivity contribution is 0.0991. The van der Waals surface area contributed by atoms with Gasteiger partial charge in [0, 0.05) is 24.2 Å². The highest BCUT2D eigenvalue weighted by molar-refractivity contribution is 5.96. The van der Waals surface area contributed by atoms with Crippen LogP contribution < -0.4 is 0 Å². The Hall–Kier alpha value is -1.97. The Bertz CT molecular complexity index is 570. The zero-order valence-corrected chi connectivity index (χ0v) is 11.5. The molecule has 0 atom stereocenters. The van der Waals surface area contributed by atoms with Crippen molar-refractivity contribution >= 4 is 5.78 Å². The Labute approximate surface area is 118 Å². The van der Waals surface area contributed by atoms with Gasteiger partial charge in [0.05, 0.1) is 18.2 Å². The maximum absolute atomic E-state index is 12.1. The van der Waals surface area contributed by atoms with E-state index >= 15 is 0 Å². The van der Waals surface area contributed by atoms with Crippen LogP contribution in [0.4, 0.5) is 0 Å². The van der Waals surface area contributed by atoms with Crippen molar-refractivity contribution in [2.45, 2.75) is 44.6 Å². The molecular weight excluding hydrogens is 250 g/mol. The number of hydrogen-bond acceptors (Lipinski definition) is 3. The van der Waals surface area contributed by atoms with E-state index in [9.17, 15) is 4.79 Å². The smallest absolute Gasteiger partial charge is 0.170 e. The van der Waals surface area contributed by atoms with Crippen molar-refractivity contribution in [3.05, 3.63) is 48.0 Å². The molecule has 1 aliphatic rings. The number of hydrogen-bond donors (Lipinski definition) is 0. The standard InChI is InChI=1S/C16H19N3O/c20-16(13-5-4-9-17-12-13)11-14-8-10-19(18-14)15-6-2-1-3-7-15/h4-5,8-10,12,15H,1-3,6-7,11H2. The van der Waals surface area contributed by atoms with Crippen LogP contribution >= 0.6 is 0 Å². The summed E-state index contributed by atoms with van der Waals surface area (Å²) in [5, 5.41) is 4.57. The van der Waals surface area contributed by atoms with E-state index in [1.54, 1.807) is 24.5 Å². The van der Waals surface area contributed by atoms with Gasteiger partial charge in [-0.05, 0) is 31.0 Å². The van der Waals surface area contributed by atoms with Gasteiger partial charge in [0.2, 0.25) is 0 Å². The summed E-state index contributed by atoms with van der Waals surface area (Å²) in [4.78, 5) is 16.1. The molecule has 0 spiro atoms. The van der Waals surface area contributed by atoms with E-state index in [2.05, 4.69) is 10.1 Å². The molecule has 3 rings (SSSR count). The minimum absolute atomic E-state index is 0.0759. The van der Waals surface area contributed by atoms with Crippen LogP contribution in [-0.2, 0) is 6.42 Å². The van der Waals surface area contributed by atoms with Crippen molar-refractivity contribution in [2.24, 2.45) is 0 Å². The van der Waals surface area contributed by atoms with Crippen molar-refractivity contribution in [2.75, 3.05) is 0 Å². The Kier molecular flexibility index (Phi) is 3.90. The number of nitrogens with zero attached hydrogens (tertiary/aromatic N) is 3. The predicted molar refractivity (Wildman–Crippen MR) is 76.6 cm³/mol. The molecule has 0 unspecified atom stereocenters. The first kappa shape index (κ1) is 13.0. The number of Topliss-reactive ketones (excluding diaryl/α,β-unsaturated/α-hetero) is 1. The summed E-state index contributed by atoms with van der Waals surface area (Å²) >= 11 is 0. The van der Waals surface area contributed by atoms with E-state index < -0.39 is 0 Å². The van der Waals surface area contributed by atoms with Gasteiger partial charge in [-0.1, -0.05) is 19.3 Å². The monoisotopic (exact) mass is 269 g/mol. The molecule has 1 fully saturated rings. The summed E-state index contributed by atoms with van der Waals surface area (Å²) in [5.41, 5.74) is 1.50. The van der Waals surface area contributed by atoms with E-state index in [0.717, 1.165) is 5.69 Å². The highest BCUT2D eigenvalue weighted by atomic mass is 16.1. The van der Waals surface area contributed by atoms with Gasteiger partial charge >= 0.3 is 0 Å². The molecule has 0 aromatic carbocycles. The number of aromatic nitrogens is 3. The van der Waals surface area contributed by atoms with Crippen LogP contribution in [0.1, 0.15) is 54.2 Å². The van der Waals surface area contributed by atoms with Gasteiger partial charge in [-0.15, -0.1) is 0 Å². The normalized spacial score (nSPS) is 16.2. The Morgan fingerprint density at radius 3 is 2.85 bits per heavy atom. The zero-order valence-electron chi connectivity index (χ0n) is 11.5. The van der Waals surface area contributed by atoms with Crippen molar-refractivity contribution in [3.63, 3.8) is 0 Å². The largest absolute Gasteiger partial charge is 0.294 e. The van der Waals surface area contributed by atoms with E-state index in [1.807, 2.05) is 16.9 Å². The van der Waals surface area contributed by atoms with Crippen LogP contribution in [0.5, 0.6) is 0 Å². The summed E-state index contributed by atoms with van der Waals surface area (Å²) < 4.78 is 2.05. The first-order valence-electron chi connectivity index (χ1n) is 7.30. The van der Waals surface area contributed by atoms with Gasteiger partial charge in [0.15, 0.2) is 5.78 Å². The first-order valence-corrected chi connectivity index (χ1v) is 7.30. The molecular formula is C16H19N3O. The van der Waals surface area contributed by atoms with Crippen LogP contribution in [-0.4, -0.2) is 20.5 Å². The molecule has 2 aromatic rings. The molecule has 104 valence electrons. The molecule has 0 aliphatic heterocycles. The molecule has 0 N–H and O–H groups in total. The summed E-state index contributed by atoms with van der Waals surface area (Å²) in [6, 6.07) is 6.07. The molecule has 20 heavy (non-hydrogen) atoms. The highest BCUT2D eigenvalue weighted by Gasteiger charge is 2.17. The lowest BCUT2D eigenvalue weighted by Crippen LogP contribution is -2.14. The van der Waals surface area contributed by atoms with Crippen molar-refractivity contribution in [3.8, 4) is 0 Å². The average Bonchev–Trinajstić information content (AvgIpc) is 2.97. The fourth-order valence-electron chi connectivity index (χ4n) is 2.81. The molecule has 1 saturated carbocycles.